The first-order valence-electron chi connectivity index (χ1n) is 10.6. The second-order valence-electron chi connectivity index (χ2n) is 8.23. The zero-order valence-electron chi connectivity index (χ0n) is 17.9. The van der Waals surface area contributed by atoms with Crippen molar-refractivity contribution in [1.29, 1.82) is 0 Å². The van der Waals surface area contributed by atoms with Crippen LogP contribution in [0.3, 0.4) is 0 Å². The second-order valence-corrected chi connectivity index (χ2v) is 8.23. The molecule has 1 atom stereocenters. The van der Waals surface area contributed by atoms with E-state index in [0.717, 1.165) is 40.7 Å². The molecule has 0 saturated heterocycles. The van der Waals surface area contributed by atoms with Crippen LogP contribution in [0.1, 0.15) is 55.6 Å². The molecule has 4 aromatic rings. The number of amides is 2. The lowest BCUT2D eigenvalue weighted by atomic mass is 10.0. The molecule has 7 nitrogen and oxygen atoms in total. The van der Waals surface area contributed by atoms with Crippen LogP contribution >= 0.6 is 0 Å². The first-order valence-corrected chi connectivity index (χ1v) is 10.6. The number of nitrogens with one attached hydrogen (secondary N) is 2. The molecule has 2 N–H and O–H groups in total. The van der Waals surface area contributed by atoms with Crippen LogP contribution in [0, 0.1) is 13.8 Å². The van der Waals surface area contributed by atoms with Gasteiger partial charge in [-0.05, 0) is 79.3 Å². The number of aryl methyl sites for hydroxylation is 3. The van der Waals surface area contributed by atoms with Crippen molar-refractivity contribution < 1.29 is 9.59 Å². The lowest BCUT2D eigenvalue weighted by Crippen LogP contribution is -2.28. The summed E-state index contributed by atoms with van der Waals surface area (Å²) < 4.78 is 1.81. The zero-order chi connectivity index (χ0) is 22.2. The van der Waals surface area contributed by atoms with Gasteiger partial charge in [-0.3, -0.25) is 14.0 Å². The number of carbonyl (C=O) groups is 2. The summed E-state index contributed by atoms with van der Waals surface area (Å²) in [6, 6.07) is 13.1. The predicted molar refractivity (Wildman–Crippen MR) is 122 cm³/mol. The minimum Gasteiger partial charge on any atom is -0.344 e. The van der Waals surface area contributed by atoms with Crippen LogP contribution in [0.25, 0.3) is 5.65 Å². The van der Waals surface area contributed by atoms with Crippen LogP contribution in [-0.2, 0) is 6.42 Å². The number of hydrogen-bond donors (Lipinski definition) is 2. The Morgan fingerprint density at radius 3 is 2.72 bits per heavy atom. The van der Waals surface area contributed by atoms with Gasteiger partial charge in [-0.25, -0.2) is 9.97 Å². The maximum absolute atomic E-state index is 13.0. The minimum absolute atomic E-state index is 0.0941. The maximum atomic E-state index is 13.0. The smallest absolute Gasteiger partial charge is 0.270 e. The number of fused-ring (bicyclic) bond motifs is 2. The van der Waals surface area contributed by atoms with Gasteiger partial charge < -0.3 is 10.6 Å². The van der Waals surface area contributed by atoms with Crippen LogP contribution in [0.15, 0.2) is 61.1 Å². The fourth-order valence-corrected chi connectivity index (χ4v) is 4.19. The molecule has 3 heterocycles. The molecule has 1 aliphatic rings. The third-order valence-corrected chi connectivity index (χ3v) is 5.83. The first-order chi connectivity index (χ1) is 15.5. The molecule has 0 aliphatic heterocycles. The Hall–Kier alpha value is -4.00. The standard InChI is InChI=1S/C25H23N5O2/c1-15-9-10-26-22(11-15)29-24(31)18-4-6-19-17(12-18)5-7-20(19)28-25(32)21-13-27-23-8-3-16(2)14-30(21)23/h3-4,6,8-14,20H,5,7H2,1-2H3,(H,28,32)(H,26,29,31)/t20-/m1/s1. The Morgan fingerprint density at radius 2 is 1.88 bits per heavy atom. The number of aromatic nitrogens is 3. The summed E-state index contributed by atoms with van der Waals surface area (Å²) in [7, 11) is 0. The van der Waals surface area contributed by atoms with E-state index in [0.29, 0.717) is 17.1 Å². The molecule has 160 valence electrons. The van der Waals surface area contributed by atoms with Crippen molar-refractivity contribution in [2.45, 2.75) is 32.7 Å². The van der Waals surface area contributed by atoms with Crippen LogP contribution in [-0.4, -0.2) is 26.2 Å². The Bertz CT molecular complexity index is 1360. The number of carbonyl (C=O) groups excluding carboxylic acids is 2. The van der Waals surface area contributed by atoms with E-state index in [2.05, 4.69) is 20.6 Å². The van der Waals surface area contributed by atoms with E-state index in [1.165, 1.54) is 0 Å². The molecule has 5 rings (SSSR count). The minimum atomic E-state index is -0.195. The van der Waals surface area contributed by atoms with Gasteiger partial charge in [0.05, 0.1) is 12.2 Å². The van der Waals surface area contributed by atoms with Gasteiger partial charge in [0.15, 0.2) is 0 Å². The second kappa shape index (κ2) is 7.92. The lowest BCUT2D eigenvalue weighted by molar-refractivity contribution is 0.0930. The highest BCUT2D eigenvalue weighted by Crippen LogP contribution is 2.32. The number of hydrogen-bond acceptors (Lipinski definition) is 4. The molecule has 32 heavy (non-hydrogen) atoms. The highest BCUT2D eigenvalue weighted by atomic mass is 16.2. The van der Waals surface area contributed by atoms with Crippen molar-refractivity contribution in [1.82, 2.24) is 19.7 Å². The van der Waals surface area contributed by atoms with Crippen molar-refractivity contribution in [3.8, 4) is 0 Å². The highest BCUT2D eigenvalue weighted by molar-refractivity contribution is 6.04. The summed E-state index contributed by atoms with van der Waals surface area (Å²) in [5.41, 5.74) is 6.05. The monoisotopic (exact) mass is 425 g/mol. The van der Waals surface area contributed by atoms with Gasteiger partial charge in [0, 0.05) is 18.0 Å². The summed E-state index contributed by atoms with van der Waals surface area (Å²) in [5.74, 6) is 0.177. The SMILES string of the molecule is Cc1ccnc(NC(=O)c2ccc3c(c2)CC[C@H]3NC(=O)c2cnc3ccc(C)cn23)c1. The van der Waals surface area contributed by atoms with Gasteiger partial charge in [-0.2, -0.15) is 0 Å². The fraction of sp³-hybridized carbons (Fsp3) is 0.200. The quantitative estimate of drug-likeness (QED) is 0.517. The van der Waals surface area contributed by atoms with E-state index in [-0.39, 0.29) is 17.9 Å². The maximum Gasteiger partial charge on any atom is 0.270 e. The van der Waals surface area contributed by atoms with E-state index in [9.17, 15) is 9.59 Å². The van der Waals surface area contributed by atoms with Gasteiger partial charge in [-0.15, -0.1) is 0 Å². The third-order valence-electron chi connectivity index (χ3n) is 5.83. The van der Waals surface area contributed by atoms with Crippen LogP contribution < -0.4 is 10.6 Å². The van der Waals surface area contributed by atoms with Crippen LogP contribution in [0.4, 0.5) is 5.82 Å². The van der Waals surface area contributed by atoms with E-state index in [1.54, 1.807) is 18.5 Å². The third kappa shape index (κ3) is 3.73. The zero-order valence-corrected chi connectivity index (χ0v) is 17.9. The molecule has 1 aromatic carbocycles. The normalized spacial score (nSPS) is 14.9. The number of benzene rings is 1. The van der Waals surface area contributed by atoms with Crippen molar-refractivity contribution >= 4 is 23.3 Å². The average molecular weight is 425 g/mol. The Labute approximate surface area is 185 Å². The summed E-state index contributed by atoms with van der Waals surface area (Å²) in [4.78, 5) is 34.1. The number of rotatable bonds is 4. The van der Waals surface area contributed by atoms with Crippen molar-refractivity contribution in [2.24, 2.45) is 0 Å². The molecule has 0 fully saturated rings. The number of anilines is 1. The molecule has 0 bridgehead atoms. The van der Waals surface area contributed by atoms with Gasteiger partial charge in [0.1, 0.15) is 17.2 Å². The van der Waals surface area contributed by atoms with Gasteiger partial charge in [0.2, 0.25) is 0 Å². The molecule has 1 aliphatic carbocycles. The van der Waals surface area contributed by atoms with Crippen molar-refractivity contribution in [3.63, 3.8) is 0 Å². The molecule has 0 unspecified atom stereocenters. The number of nitrogens with zero attached hydrogens (tertiary/aromatic N) is 3. The molecule has 3 aromatic heterocycles. The number of pyridine rings is 2. The molecule has 0 saturated carbocycles. The Morgan fingerprint density at radius 1 is 1.00 bits per heavy atom. The van der Waals surface area contributed by atoms with Crippen molar-refractivity contribution in [3.05, 3.63) is 94.6 Å². The molecule has 2 amide bonds. The highest BCUT2D eigenvalue weighted by Gasteiger charge is 2.26. The molecule has 7 heteroatoms. The van der Waals surface area contributed by atoms with Crippen LogP contribution in [0.5, 0.6) is 0 Å². The Kier molecular flexibility index (Phi) is 4.93. The number of imidazole rings is 1. The van der Waals surface area contributed by atoms with Gasteiger partial charge in [-0.1, -0.05) is 12.1 Å². The topological polar surface area (TPSA) is 88.4 Å². The van der Waals surface area contributed by atoms with Gasteiger partial charge in [0.25, 0.3) is 11.8 Å². The van der Waals surface area contributed by atoms with Crippen LogP contribution in [0.2, 0.25) is 0 Å². The lowest BCUT2D eigenvalue weighted by Gasteiger charge is -2.14. The predicted octanol–water partition coefficient (Wildman–Crippen LogP) is 4.02. The average Bonchev–Trinajstić information content (AvgIpc) is 3.37. The summed E-state index contributed by atoms with van der Waals surface area (Å²) in [6.45, 7) is 3.94. The molecule has 0 radical (unpaired) electrons. The summed E-state index contributed by atoms with van der Waals surface area (Å²) in [5, 5.41) is 5.98. The molecule has 0 spiro atoms. The summed E-state index contributed by atoms with van der Waals surface area (Å²) in [6.07, 6.45) is 6.78. The summed E-state index contributed by atoms with van der Waals surface area (Å²) >= 11 is 0. The van der Waals surface area contributed by atoms with E-state index < -0.39 is 0 Å². The van der Waals surface area contributed by atoms with E-state index in [1.807, 2.05) is 60.8 Å². The molecular weight excluding hydrogens is 402 g/mol. The van der Waals surface area contributed by atoms with E-state index in [4.69, 9.17) is 0 Å². The molecular formula is C25H23N5O2. The van der Waals surface area contributed by atoms with Crippen molar-refractivity contribution in [2.75, 3.05) is 5.32 Å². The first kappa shape index (κ1) is 19.9. The fourth-order valence-electron chi connectivity index (χ4n) is 4.19. The largest absolute Gasteiger partial charge is 0.344 e. The van der Waals surface area contributed by atoms with Gasteiger partial charge >= 0.3 is 0 Å². The Balaban J connectivity index is 1.32. The van der Waals surface area contributed by atoms with E-state index >= 15 is 0 Å².